The zero-order chi connectivity index (χ0) is 14.0. The Kier molecular flexibility index (Phi) is 4.50. The maximum Gasteiger partial charge on any atom is 0.166 e. The Bertz CT molecular complexity index is 594. The van der Waals surface area contributed by atoms with E-state index in [-0.39, 0.29) is 0 Å². The zero-order valence-corrected chi connectivity index (χ0v) is 12.6. The van der Waals surface area contributed by atoms with Crippen LogP contribution in [0, 0.1) is 0 Å². The van der Waals surface area contributed by atoms with Gasteiger partial charge in [-0.15, -0.1) is 0 Å². The van der Waals surface area contributed by atoms with E-state index in [9.17, 15) is 0 Å². The Balaban J connectivity index is 2.59. The summed E-state index contributed by atoms with van der Waals surface area (Å²) in [4.78, 5) is 8.52. The molecule has 1 aromatic heterocycles. The number of benzene rings is 1. The van der Waals surface area contributed by atoms with E-state index in [1.54, 1.807) is 25.3 Å². The van der Waals surface area contributed by atoms with Gasteiger partial charge in [-0.2, -0.15) is 0 Å². The van der Waals surface area contributed by atoms with Crippen LogP contribution in [0.2, 0.25) is 15.3 Å². The second-order valence-electron chi connectivity index (χ2n) is 3.81. The van der Waals surface area contributed by atoms with Crippen LogP contribution in [-0.4, -0.2) is 17.1 Å². The molecule has 0 aliphatic carbocycles. The van der Waals surface area contributed by atoms with Crippen LogP contribution in [0.3, 0.4) is 0 Å². The Hall–Kier alpha value is -1.03. The van der Waals surface area contributed by atoms with Gasteiger partial charge < -0.3 is 4.74 Å². The second kappa shape index (κ2) is 5.95. The molecule has 0 spiro atoms. The van der Waals surface area contributed by atoms with Crippen LogP contribution in [0.4, 0.5) is 0 Å². The van der Waals surface area contributed by atoms with Crippen LogP contribution in [0.1, 0.15) is 12.5 Å². The van der Waals surface area contributed by atoms with Gasteiger partial charge in [-0.1, -0.05) is 41.7 Å². The molecule has 3 nitrogen and oxygen atoms in total. The first kappa shape index (κ1) is 14.4. The van der Waals surface area contributed by atoms with Crippen LogP contribution in [0.25, 0.3) is 11.4 Å². The number of nitrogens with zero attached hydrogens (tertiary/aromatic N) is 2. The average Bonchev–Trinajstić information content (AvgIpc) is 2.38. The van der Waals surface area contributed by atoms with Crippen molar-refractivity contribution in [2.45, 2.75) is 13.3 Å². The van der Waals surface area contributed by atoms with Crippen LogP contribution in [-0.2, 0) is 6.42 Å². The smallest absolute Gasteiger partial charge is 0.166 e. The monoisotopic (exact) mass is 316 g/mol. The Labute approximate surface area is 126 Å². The van der Waals surface area contributed by atoms with Crippen LogP contribution in [0.15, 0.2) is 18.2 Å². The van der Waals surface area contributed by atoms with E-state index in [0.29, 0.717) is 38.9 Å². The molecule has 0 N–H and O–H groups in total. The van der Waals surface area contributed by atoms with Gasteiger partial charge in [-0.3, -0.25) is 0 Å². The predicted molar refractivity (Wildman–Crippen MR) is 78.4 cm³/mol. The molecule has 0 aliphatic rings. The molecule has 19 heavy (non-hydrogen) atoms. The third-order valence-electron chi connectivity index (χ3n) is 2.66. The highest BCUT2D eigenvalue weighted by Crippen LogP contribution is 2.33. The number of hydrogen-bond donors (Lipinski definition) is 0. The molecule has 100 valence electrons. The van der Waals surface area contributed by atoms with E-state index in [2.05, 4.69) is 9.97 Å². The highest BCUT2D eigenvalue weighted by atomic mass is 35.5. The van der Waals surface area contributed by atoms with Gasteiger partial charge in [0, 0.05) is 10.6 Å². The summed E-state index contributed by atoms with van der Waals surface area (Å²) in [6.45, 7) is 1.94. The van der Waals surface area contributed by atoms with Crippen molar-refractivity contribution in [1.29, 1.82) is 0 Å². The molecule has 2 rings (SSSR count). The van der Waals surface area contributed by atoms with Gasteiger partial charge in [-0.25, -0.2) is 9.97 Å². The number of hydrogen-bond acceptors (Lipinski definition) is 3. The molecule has 0 amide bonds. The molecular formula is C13H11Cl3N2O. The summed E-state index contributed by atoms with van der Waals surface area (Å²) in [5.41, 5.74) is 1.43. The molecule has 0 unspecified atom stereocenters. The largest absolute Gasteiger partial charge is 0.496 e. The van der Waals surface area contributed by atoms with Gasteiger partial charge in [-0.05, 0) is 24.6 Å². The quantitative estimate of drug-likeness (QED) is 0.771. The van der Waals surface area contributed by atoms with Crippen molar-refractivity contribution in [2.75, 3.05) is 7.11 Å². The SMILES string of the molecule is CCc1c(Cl)nc(-c2ccc(Cl)cc2OC)nc1Cl. The van der Waals surface area contributed by atoms with Gasteiger partial charge in [0.15, 0.2) is 5.82 Å². The molecular weight excluding hydrogens is 307 g/mol. The van der Waals surface area contributed by atoms with Crippen LogP contribution >= 0.6 is 34.8 Å². The maximum atomic E-state index is 6.11. The third-order valence-corrected chi connectivity index (χ3v) is 3.52. The van der Waals surface area contributed by atoms with Gasteiger partial charge in [0.05, 0.1) is 12.7 Å². The Morgan fingerprint density at radius 1 is 1.11 bits per heavy atom. The molecule has 0 atom stereocenters. The highest BCUT2D eigenvalue weighted by molar-refractivity contribution is 6.34. The number of aromatic nitrogens is 2. The van der Waals surface area contributed by atoms with Crippen molar-refractivity contribution in [2.24, 2.45) is 0 Å². The molecule has 1 heterocycles. The molecule has 0 aliphatic heterocycles. The Morgan fingerprint density at radius 3 is 2.26 bits per heavy atom. The Morgan fingerprint density at radius 2 is 1.74 bits per heavy atom. The van der Waals surface area contributed by atoms with Crippen molar-refractivity contribution >= 4 is 34.8 Å². The number of ether oxygens (including phenoxy) is 1. The summed E-state index contributed by atoms with van der Waals surface area (Å²) < 4.78 is 5.27. The fraction of sp³-hybridized carbons (Fsp3) is 0.231. The minimum atomic E-state index is 0.356. The van der Waals surface area contributed by atoms with E-state index in [1.807, 2.05) is 6.92 Å². The fourth-order valence-electron chi connectivity index (χ4n) is 1.69. The molecule has 0 fully saturated rings. The van der Waals surface area contributed by atoms with E-state index < -0.39 is 0 Å². The molecule has 2 aromatic rings. The lowest BCUT2D eigenvalue weighted by molar-refractivity contribution is 0.416. The molecule has 6 heteroatoms. The van der Waals surface area contributed by atoms with Gasteiger partial charge in [0.25, 0.3) is 0 Å². The van der Waals surface area contributed by atoms with E-state index in [4.69, 9.17) is 39.5 Å². The van der Waals surface area contributed by atoms with Crippen molar-refractivity contribution in [3.63, 3.8) is 0 Å². The first-order valence-corrected chi connectivity index (χ1v) is 6.76. The van der Waals surface area contributed by atoms with E-state index in [0.717, 1.165) is 5.56 Å². The zero-order valence-electron chi connectivity index (χ0n) is 10.4. The summed E-state index contributed by atoms with van der Waals surface area (Å²) in [6.07, 6.45) is 0.676. The summed E-state index contributed by atoms with van der Waals surface area (Å²) in [7, 11) is 1.55. The lowest BCUT2D eigenvalue weighted by Crippen LogP contribution is -1.98. The van der Waals surface area contributed by atoms with Crippen molar-refractivity contribution in [3.05, 3.63) is 39.1 Å². The number of methoxy groups -OCH3 is 1. The van der Waals surface area contributed by atoms with Crippen molar-refractivity contribution in [3.8, 4) is 17.1 Å². The lowest BCUT2D eigenvalue weighted by atomic mass is 10.2. The minimum Gasteiger partial charge on any atom is -0.496 e. The summed E-state index contributed by atoms with van der Waals surface area (Å²) in [5, 5.41) is 1.28. The third kappa shape index (κ3) is 2.94. The summed E-state index contributed by atoms with van der Waals surface area (Å²) >= 11 is 18.1. The fourth-order valence-corrected chi connectivity index (χ4v) is 2.51. The number of halogens is 3. The summed E-state index contributed by atoms with van der Waals surface area (Å²) in [5.74, 6) is 0.990. The predicted octanol–water partition coefficient (Wildman–Crippen LogP) is 4.67. The molecule has 0 saturated carbocycles. The topological polar surface area (TPSA) is 35.0 Å². The maximum absolute atomic E-state index is 6.11. The van der Waals surface area contributed by atoms with Gasteiger partial charge in [0.1, 0.15) is 16.1 Å². The van der Waals surface area contributed by atoms with Crippen LogP contribution in [0.5, 0.6) is 5.75 Å². The van der Waals surface area contributed by atoms with Gasteiger partial charge >= 0.3 is 0 Å². The van der Waals surface area contributed by atoms with E-state index >= 15 is 0 Å². The van der Waals surface area contributed by atoms with Crippen molar-refractivity contribution in [1.82, 2.24) is 9.97 Å². The first-order valence-electron chi connectivity index (χ1n) is 5.62. The number of rotatable bonds is 3. The van der Waals surface area contributed by atoms with Crippen molar-refractivity contribution < 1.29 is 4.74 Å². The lowest BCUT2D eigenvalue weighted by Gasteiger charge is -2.10. The first-order chi connectivity index (χ1) is 9.06. The second-order valence-corrected chi connectivity index (χ2v) is 4.96. The standard InChI is InChI=1S/C13H11Cl3N2O/c1-3-8-11(15)17-13(18-12(8)16)9-5-4-7(14)6-10(9)19-2/h4-6H,3H2,1-2H3. The average molecular weight is 318 g/mol. The normalized spacial score (nSPS) is 10.6. The van der Waals surface area contributed by atoms with Gasteiger partial charge in [0.2, 0.25) is 0 Å². The molecule has 0 saturated heterocycles. The minimum absolute atomic E-state index is 0.356. The molecule has 0 bridgehead atoms. The van der Waals surface area contributed by atoms with Crippen LogP contribution < -0.4 is 4.74 Å². The molecule has 0 radical (unpaired) electrons. The summed E-state index contributed by atoms with van der Waals surface area (Å²) in [6, 6.07) is 5.20. The molecule has 1 aromatic carbocycles. The van der Waals surface area contributed by atoms with E-state index in [1.165, 1.54) is 0 Å². The highest BCUT2D eigenvalue weighted by Gasteiger charge is 2.14.